The van der Waals surface area contributed by atoms with Gasteiger partial charge in [-0.1, -0.05) is 18.2 Å². The third-order valence-electron chi connectivity index (χ3n) is 5.10. The summed E-state index contributed by atoms with van der Waals surface area (Å²) in [6.45, 7) is 1.55. The molecule has 0 fully saturated rings. The van der Waals surface area contributed by atoms with Gasteiger partial charge in [-0.3, -0.25) is 9.69 Å². The summed E-state index contributed by atoms with van der Waals surface area (Å²) in [6.07, 6.45) is 2.88. The maximum atomic E-state index is 12.5. The molecule has 0 unspecified atom stereocenters. The van der Waals surface area contributed by atoms with Crippen molar-refractivity contribution in [2.45, 2.75) is 11.3 Å². The largest absolute Gasteiger partial charge is 0.508 e. The van der Waals surface area contributed by atoms with Gasteiger partial charge in [0.1, 0.15) is 16.4 Å². The molecule has 8 nitrogen and oxygen atoms in total. The van der Waals surface area contributed by atoms with Gasteiger partial charge in [-0.2, -0.15) is 0 Å². The van der Waals surface area contributed by atoms with Gasteiger partial charge >= 0.3 is 0 Å². The van der Waals surface area contributed by atoms with Crippen LogP contribution in [-0.2, 0) is 14.8 Å². The van der Waals surface area contributed by atoms with Crippen LogP contribution in [0.25, 0.3) is 5.57 Å². The van der Waals surface area contributed by atoms with Crippen LogP contribution in [0.1, 0.15) is 12.0 Å². The first-order valence-corrected chi connectivity index (χ1v) is 11.3. The average molecular weight is 446 g/mol. The van der Waals surface area contributed by atoms with Gasteiger partial charge in [0.25, 0.3) is 0 Å². The molecule has 1 heterocycles. The molecule has 0 radical (unpaired) electrons. The number of nitrogens with zero attached hydrogens (tertiary/aromatic N) is 2. The van der Waals surface area contributed by atoms with Crippen LogP contribution in [0, 0.1) is 0 Å². The molecule has 2 aromatic rings. The molecule has 1 aliphatic rings. The van der Waals surface area contributed by atoms with E-state index < -0.39 is 10.0 Å². The van der Waals surface area contributed by atoms with Crippen molar-refractivity contribution in [3.8, 4) is 11.5 Å². The van der Waals surface area contributed by atoms with Crippen LogP contribution in [0.15, 0.2) is 53.4 Å². The molecule has 0 atom stereocenters. The highest BCUT2D eigenvalue weighted by atomic mass is 32.2. The van der Waals surface area contributed by atoms with Gasteiger partial charge < -0.3 is 15.2 Å². The van der Waals surface area contributed by atoms with Crippen molar-refractivity contribution in [2.24, 2.45) is 0 Å². The van der Waals surface area contributed by atoms with Crippen LogP contribution >= 0.6 is 0 Å². The van der Waals surface area contributed by atoms with E-state index in [1.54, 1.807) is 18.2 Å². The fourth-order valence-corrected chi connectivity index (χ4v) is 4.42. The van der Waals surface area contributed by atoms with Crippen molar-refractivity contribution >= 4 is 27.2 Å². The van der Waals surface area contributed by atoms with Crippen LogP contribution in [0.4, 0.5) is 5.69 Å². The fraction of sp³-hybridized carbons (Fsp3) is 0.318. The highest BCUT2D eigenvalue weighted by molar-refractivity contribution is 7.89. The predicted molar refractivity (Wildman–Crippen MR) is 120 cm³/mol. The van der Waals surface area contributed by atoms with E-state index >= 15 is 0 Å². The second-order valence-electron chi connectivity index (χ2n) is 7.46. The van der Waals surface area contributed by atoms with Gasteiger partial charge in [-0.25, -0.2) is 12.7 Å². The quantitative estimate of drug-likeness (QED) is 0.679. The van der Waals surface area contributed by atoms with E-state index in [0.717, 1.165) is 22.8 Å². The summed E-state index contributed by atoms with van der Waals surface area (Å²) in [5, 5.41) is 12.2. The Morgan fingerprint density at radius 1 is 1.19 bits per heavy atom. The van der Waals surface area contributed by atoms with Crippen LogP contribution in [0.3, 0.4) is 0 Å². The van der Waals surface area contributed by atoms with Crippen LogP contribution in [-0.4, -0.2) is 69.5 Å². The van der Waals surface area contributed by atoms with Gasteiger partial charge in [-0.15, -0.1) is 0 Å². The summed E-state index contributed by atoms with van der Waals surface area (Å²) in [6, 6.07) is 11.6. The highest BCUT2D eigenvalue weighted by Gasteiger charge is 2.23. The number of benzene rings is 2. The molecule has 1 amide bonds. The number of carbonyl (C=O) groups excluding carboxylic acids is 1. The third kappa shape index (κ3) is 5.43. The number of amides is 1. The molecular formula is C22H27N3O5S. The number of phenols is 1. The van der Waals surface area contributed by atoms with Crippen LogP contribution in [0.2, 0.25) is 0 Å². The average Bonchev–Trinajstić information content (AvgIpc) is 2.74. The number of hydrogen-bond acceptors (Lipinski definition) is 6. The number of carbonyl (C=O) groups is 1. The highest BCUT2D eigenvalue weighted by Crippen LogP contribution is 2.29. The van der Waals surface area contributed by atoms with E-state index in [2.05, 4.69) is 11.4 Å². The van der Waals surface area contributed by atoms with E-state index in [1.165, 1.54) is 38.9 Å². The van der Waals surface area contributed by atoms with Crippen molar-refractivity contribution in [3.63, 3.8) is 0 Å². The van der Waals surface area contributed by atoms with E-state index in [0.29, 0.717) is 12.2 Å². The third-order valence-corrected chi connectivity index (χ3v) is 6.94. The van der Waals surface area contributed by atoms with E-state index in [9.17, 15) is 18.3 Å². The molecule has 1 aliphatic heterocycles. The lowest BCUT2D eigenvalue weighted by atomic mass is 9.99. The maximum Gasteiger partial charge on any atom is 0.246 e. The number of methoxy groups -OCH3 is 1. The molecule has 0 saturated heterocycles. The molecule has 0 bridgehead atoms. The lowest BCUT2D eigenvalue weighted by molar-refractivity contribution is -0.117. The lowest BCUT2D eigenvalue weighted by Gasteiger charge is -2.26. The minimum Gasteiger partial charge on any atom is -0.508 e. The zero-order valence-corrected chi connectivity index (χ0v) is 18.6. The van der Waals surface area contributed by atoms with Gasteiger partial charge in [0.05, 0.1) is 13.7 Å². The Hall–Kier alpha value is -2.88. The molecule has 3 rings (SSSR count). The molecule has 31 heavy (non-hydrogen) atoms. The number of anilines is 1. The van der Waals surface area contributed by atoms with E-state index in [1.807, 2.05) is 17.0 Å². The van der Waals surface area contributed by atoms with Gasteiger partial charge in [0, 0.05) is 32.9 Å². The summed E-state index contributed by atoms with van der Waals surface area (Å²) in [4.78, 5) is 14.5. The standard InChI is InChI=1S/C22H27N3O5S/c1-24(2)31(28,29)21-14-18(6-9-20(21)30-3)23-22(27)15-25-12-10-17(11-13-25)16-4-7-19(26)8-5-16/h4-10,14,26H,11-13,15H2,1-3H3,(H,23,27). The molecule has 2 N–H and O–H groups in total. The number of phenolic OH excluding ortho intramolecular Hbond substituents is 1. The Morgan fingerprint density at radius 3 is 2.48 bits per heavy atom. The fourth-order valence-electron chi connectivity index (χ4n) is 3.35. The number of ether oxygens (including phenoxy) is 1. The lowest BCUT2D eigenvalue weighted by Crippen LogP contribution is -2.36. The van der Waals surface area contributed by atoms with Gasteiger partial charge in [-0.05, 0) is 47.9 Å². The molecule has 0 spiro atoms. The van der Waals surface area contributed by atoms with E-state index in [4.69, 9.17) is 4.74 Å². The minimum atomic E-state index is -3.72. The number of aromatic hydroxyl groups is 1. The Morgan fingerprint density at radius 2 is 1.90 bits per heavy atom. The number of nitrogens with one attached hydrogen (secondary N) is 1. The van der Waals surface area contributed by atoms with Crippen molar-refractivity contribution in [2.75, 3.05) is 46.2 Å². The number of sulfonamides is 1. The summed E-state index contributed by atoms with van der Waals surface area (Å²) < 4.78 is 31.3. The topological polar surface area (TPSA) is 99.2 Å². The number of hydrogen-bond donors (Lipinski definition) is 2. The monoisotopic (exact) mass is 445 g/mol. The predicted octanol–water partition coefficient (Wildman–Crippen LogP) is 2.38. The van der Waals surface area contributed by atoms with Crippen molar-refractivity contribution < 1.29 is 23.1 Å². The summed E-state index contributed by atoms with van der Waals surface area (Å²) in [7, 11) is 0.566. The van der Waals surface area contributed by atoms with Crippen LogP contribution < -0.4 is 10.1 Å². The number of rotatable bonds is 7. The SMILES string of the molecule is COc1ccc(NC(=O)CN2CC=C(c3ccc(O)cc3)CC2)cc1S(=O)(=O)N(C)C. The van der Waals surface area contributed by atoms with Crippen molar-refractivity contribution in [1.82, 2.24) is 9.21 Å². The molecule has 9 heteroatoms. The zero-order valence-electron chi connectivity index (χ0n) is 17.8. The summed E-state index contributed by atoms with van der Waals surface area (Å²) in [5.74, 6) is 0.230. The molecule has 0 aliphatic carbocycles. The van der Waals surface area contributed by atoms with E-state index in [-0.39, 0.29) is 28.8 Å². The molecule has 2 aromatic carbocycles. The Labute approximate surface area is 182 Å². The van der Waals surface area contributed by atoms with Gasteiger partial charge in [0.2, 0.25) is 15.9 Å². The Balaban J connectivity index is 1.64. The smallest absolute Gasteiger partial charge is 0.246 e. The molecule has 0 aromatic heterocycles. The van der Waals surface area contributed by atoms with Gasteiger partial charge in [0.15, 0.2) is 0 Å². The first kappa shape index (κ1) is 22.8. The molecule has 166 valence electrons. The normalized spacial score (nSPS) is 14.9. The maximum absolute atomic E-state index is 12.5. The summed E-state index contributed by atoms with van der Waals surface area (Å²) >= 11 is 0. The Kier molecular flexibility index (Phi) is 6.99. The summed E-state index contributed by atoms with van der Waals surface area (Å²) in [5.41, 5.74) is 2.64. The van der Waals surface area contributed by atoms with Crippen molar-refractivity contribution in [1.29, 1.82) is 0 Å². The second-order valence-corrected chi connectivity index (χ2v) is 9.58. The molecular weight excluding hydrogens is 418 g/mol. The first-order valence-electron chi connectivity index (χ1n) is 9.82. The van der Waals surface area contributed by atoms with Crippen molar-refractivity contribution in [3.05, 3.63) is 54.1 Å². The minimum absolute atomic E-state index is 0.00255. The van der Waals surface area contributed by atoms with Crippen LogP contribution in [0.5, 0.6) is 11.5 Å². The second kappa shape index (κ2) is 9.51. The first-order chi connectivity index (χ1) is 14.7. The molecule has 0 saturated carbocycles. The zero-order chi connectivity index (χ0) is 22.6. The Bertz CT molecular complexity index is 1080.